The van der Waals surface area contributed by atoms with Crippen LogP contribution in [0, 0.1) is 21.4 Å². The van der Waals surface area contributed by atoms with Crippen molar-refractivity contribution in [3.05, 3.63) is 33.4 Å². The Hall–Kier alpha value is -2.80. The Morgan fingerprint density at radius 1 is 1.50 bits per heavy atom. The Morgan fingerprint density at radius 2 is 2.10 bits per heavy atom. The molecule has 0 spiro atoms. The van der Waals surface area contributed by atoms with E-state index in [0.717, 1.165) is 6.07 Å². The lowest BCUT2D eigenvalue weighted by Crippen LogP contribution is -2.12. The maximum Gasteiger partial charge on any atom is 0.387 e. The molecule has 0 amide bonds. The molecule has 1 aromatic rings. The first-order valence-corrected chi connectivity index (χ1v) is 4.86. The fraction of sp³-hybridized carbons (Fsp3) is 0.200. The fourth-order valence-corrected chi connectivity index (χ4v) is 1.39. The van der Waals surface area contributed by atoms with Gasteiger partial charge in [-0.3, -0.25) is 10.1 Å². The smallest absolute Gasteiger partial charge is 0.387 e. The lowest BCUT2D eigenvalue weighted by atomic mass is 10.0. The van der Waals surface area contributed by atoms with Gasteiger partial charge in [-0.05, 0) is 17.7 Å². The van der Waals surface area contributed by atoms with Crippen LogP contribution in [0.5, 0.6) is 5.75 Å². The van der Waals surface area contributed by atoms with E-state index in [1.807, 2.05) is 0 Å². The van der Waals surface area contributed by atoms with Crippen molar-refractivity contribution in [2.24, 2.45) is 0 Å². The minimum Gasteiger partial charge on any atom is -0.479 e. The van der Waals surface area contributed by atoms with Gasteiger partial charge in [-0.1, -0.05) is 0 Å². The number of carboxylic acid groups (broad SMARTS) is 1. The predicted molar refractivity (Wildman–Crippen MR) is 57.0 cm³/mol. The molecule has 0 aliphatic heterocycles. The number of carboxylic acids is 1. The van der Waals surface area contributed by atoms with Crippen LogP contribution < -0.4 is 4.74 Å². The van der Waals surface area contributed by atoms with E-state index in [1.165, 1.54) is 6.07 Å². The summed E-state index contributed by atoms with van der Waals surface area (Å²) in [5.41, 5.74) is -2.23. The van der Waals surface area contributed by atoms with E-state index in [4.69, 9.17) is 10.4 Å². The van der Waals surface area contributed by atoms with Crippen LogP contribution in [0.25, 0.3) is 0 Å². The summed E-state index contributed by atoms with van der Waals surface area (Å²) in [5.74, 6) is -2.72. The van der Waals surface area contributed by atoms with Crippen molar-refractivity contribution in [2.75, 3.05) is 0 Å². The third-order valence-electron chi connectivity index (χ3n) is 2.17. The van der Waals surface area contributed by atoms with Crippen molar-refractivity contribution in [1.29, 1.82) is 5.26 Å². The molecular weight excluding hydrogens is 282 g/mol. The van der Waals surface area contributed by atoms with Gasteiger partial charge in [0.25, 0.3) is 0 Å². The molecule has 1 rings (SSSR count). The lowest BCUT2D eigenvalue weighted by Gasteiger charge is -2.11. The van der Waals surface area contributed by atoms with Gasteiger partial charge in [-0.15, -0.1) is 0 Å². The van der Waals surface area contributed by atoms with Gasteiger partial charge >= 0.3 is 18.3 Å². The topological polar surface area (TPSA) is 134 Å². The van der Waals surface area contributed by atoms with Crippen molar-refractivity contribution in [3.63, 3.8) is 0 Å². The van der Waals surface area contributed by atoms with Gasteiger partial charge in [0.1, 0.15) is 11.6 Å². The van der Waals surface area contributed by atoms with Crippen molar-refractivity contribution in [2.45, 2.75) is 12.7 Å². The second-order valence-corrected chi connectivity index (χ2v) is 3.40. The van der Waals surface area contributed by atoms with E-state index >= 15 is 0 Å². The molecule has 0 saturated heterocycles. The van der Waals surface area contributed by atoms with Crippen LogP contribution >= 0.6 is 0 Å². The molecule has 8 nitrogen and oxygen atoms in total. The molecule has 10 heteroatoms. The highest BCUT2D eigenvalue weighted by atomic mass is 19.3. The number of rotatable bonds is 5. The molecule has 2 N–H and O–H groups in total. The Bertz CT molecular complexity index is 598. The van der Waals surface area contributed by atoms with Gasteiger partial charge in [0.15, 0.2) is 6.10 Å². The largest absolute Gasteiger partial charge is 0.479 e. The number of aliphatic hydroxyl groups is 1. The van der Waals surface area contributed by atoms with Crippen molar-refractivity contribution in [1.82, 2.24) is 0 Å². The van der Waals surface area contributed by atoms with Crippen LogP contribution in [0.3, 0.4) is 0 Å². The Kier molecular flexibility index (Phi) is 4.50. The maximum atomic E-state index is 12.2. The van der Waals surface area contributed by atoms with E-state index in [0.29, 0.717) is 6.07 Å². The van der Waals surface area contributed by atoms with E-state index in [-0.39, 0.29) is 0 Å². The molecule has 1 atom stereocenters. The number of halogens is 2. The molecule has 1 unspecified atom stereocenters. The molecule has 1 aromatic carbocycles. The van der Waals surface area contributed by atoms with Crippen LogP contribution in [-0.2, 0) is 4.79 Å². The fourth-order valence-electron chi connectivity index (χ4n) is 1.39. The van der Waals surface area contributed by atoms with Crippen LogP contribution in [0.2, 0.25) is 0 Å². The number of benzene rings is 1. The Balaban J connectivity index is 3.51. The number of hydrogen-bond donors (Lipinski definition) is 2. The van der Waals surface area contributed by atoms with Crippen molar-refractivity contribution >= 4 is 11.7 Å². The summed E-state index contributed by atoms with van der Waals surface area (Å²) in [7, 11) is 0. The van der Waals surface area contributed by atoms with Crippen LogP contribution in [0.1, 0.15) is 17.2 Å². The van der Waals surface area contributed by atoms with Crippen molar-refractivity contribution in [3.8, 4) is 11.8 Å². The monoisotopic (exact) mass is 288 g/mol. The van der Waals surface area contributed by atoms with Crippen LogP contribution in [-0.4, -0.2) is 27.7 Å². The number of aliphatic hydroxyl groups excluding tert-OH is 1. The zero-order chi connectivity index (χ0) is 15.4. The maximum absolute atomic E-state index is 12.2. The number of nitro benzene ring substituents is 1. The second kappa shape index (κ2) is 5.89. The van der Waals surface area contributed by atoms with Gasteiger partial charge in [0, 0.05) is 0 Å². The summed E-state index contributed by atoms with van der Waals surface area (Å²) in [6.45, 7) is -3.42. The molecule has 0 saturated carbocycles. The Morgan fingerprint density at radius 3 is 2.50 bits per heavy atom. The van der Waals surface area contributed by atoms with Gasteiger partial charge in [-0.2, -0.15) is 14.0 Å². The Labute approximate surface area is 109 Å². The van der Waals surface area contributed by atoms with E-state index < -0.39 is 46.2 Å². The number of alkyl halides is 2. The molecule has 106 valence electrons. The molecule has 0 aliphatic carbocycles. The second-order valence-electron chi connectivity index (χ2n) is 3.40. The number of hydrogen-bond acceptors (Lipinski definition) is 6. The third kappa shape index (κ3) is 3.15. The van der Waals surface area contributed by atoms with E-state index in [2.05, 4.69) is 4.74 Å². The summed E-state index contributed by atoms with van der Waals surface area (Å²) in [6, 6.07) is 2.64. The van der Waals surface area contributed by atoms with Gasteiger partial charge in [-0.25, -0.2) is 4.79 Å². The average molecular weight is 288 g/mol. The lowest BCUT2D eigenvalue weighted by molar-refractivity contribution is -0.386. The molecule has 0 radical (unpaired) electrons. The molecule has 20 heavy (non-hydrogen) atoms. The zero-order valence-electron chi connectivity index (χ0n) is 9.49. The van der Waals surface area contributed by atoms with Gasteiger partial charge < -0.3 is 14.9 Å². The third-order valence-corrected chi connectivity index (χ3v) is 2.17. The summed E-state index contributed by atoms with van der Waals surface area (Å²) in [5, 5.41) is 37.4. The molecule has 0 aromatic heterocycles. The predicted octanol–water partition coefficient (Wildman–Crippen LogP) is 1.19. The van der Waals surface area contributed by atoms with Gasteiger partial charge in [0.05, 0.1) is 4.92 Å². The summed E-state index contributed by atoms with van der Waals surface area (Å²) in [4.78, 5) is 20.2. The number of aliphatic carboxylic acids is 1. The van der Waals surface area contributed by atoms with Crippen molar-refractivity contribution < 1.29 is 33.4 Å². The minimum absolute atomic E-state index is 0.490. The molecule has 0 aliphatic rings. The number of nitriles is 1. The minimum atomic E-state index is -3.42. The molecular formula is C10H6F2N2O6. The summed E-state index contributed by atoms with van der Waals surface area (Å²) in [6.07, 6.45) is -2.14. The van der Waals surface area contributed by atoms with E-state index in [1.54, 1.807) is 0 Å². The van der Waals surface area contributed by atoms with Gasteiger partial charge in [0.2, 0.25) is 5.75 Å². The summed E-state index contributed by atoms with van der Waals surface area (Å²) < 4.78 is 28.3. The highest BCUT2D eigenvalue weighted by Crippen LogP contribution is 2.35. The highest BCUT2D eigenvalue weighted by molar-refractivity contribution is 5.75. The highest BCUT2D eigenvalue weighted by Gasteiger charge is 2.28. The first-order chi connectivity index (χ1) is 9.27. The quantitative estimate of drug-likeness (QED) is 0.613. The van der Waals surface area contributed by atoms with Crippen LogP contribution in [0.15, 0.2) is 12.1 Å². The van der Waals surface area contributed by atoms with E-state index in [9.17, 15) is 28.8 Å². The standard InChI is InChI=1S/C10H6F2N2O6/c11-10(12)20-6-2-4(8(15)9(16)17)1-5(3-13)7(6)14(18)19/h1-2,8,10,15H,(H,16,17). The number of carbonyl (C=O) groups is 1. The van der Waals surface area contributed by atoms with Crippen LogP contribution in [0.4, 0.5) is 14.5 Å². The molecule has 0 heterocycles. The zero-order valence-corrected chi connectivity index (χ0v) is 9.49. The number of nitro groups is 1. The SMILES string of the molecule is N#Cc1cc(C(O)C(=O)O)cc(OC(F)F)c1[N+](=O)[O-]. The number of nitrogens with zero attached hydrogens (tertiary/aromatic N) is 2. The average Bonchev–Trinajstić information content (AvgIpc) is 2.35. The molecule has 0 fully saturated rings. The first-order valence-electron chi connectivity index (χ1n) is 4.86. The normalized spacial score (nSPS) is 11.8. The first kappa shape index (κ1) is 15.3. The summed E-state index contributed by atoms with van der Waals surface area (Å²) >= 11 is 0. The molecule has 0 bridgehead atoms. The number of ether oxygens (including phenoxy) is 1.